The van der Waals surface area contributed by atoms with Gasteiger partial charge in [0.2, 0.25) is 5.60 Å². The Morgan fingerprint density at radius 2 is 1.64 bits per heavy atom. The molecule has 0 spiro atoms. The lowest BCUT2D eigenvalue weighted by molar-refractivity contribution is -0.159. The van der Waals surface area contributed by atoms with E-state index in [0.717, 1.165) is 11.1 Å². The van der Waals surface area contributed by atoms with Gasteiger partial charge in [-0.2, -0.15) is 0 Å². The smallest absolute Gasteiger partial charge is 0.351 e. The molecule has 3 rings (SSSR count). The first-order chi connectivity index (χ1) is 12.1. The van der Waals surface area contributed by atoms with Crippen molar-refractivity contribution in [2.24, 2.45) is 0 Å². The number of ether oxygens (including phenoxy) is 2. The Balaban J connectivity index is 1.90. The number of carbonyl (C=O) groups is 2. The zero-order chi connectivity index (χ0) is 17.9. The number of esters is 1. The summed E-state index contributed by atoms with van der Waals surface area (Å²) in [5, 5.41) is 0. The van der Waals surface area contributed by atoms with Crippen molar-refractivity contribution < 1.29 is 19.1 Å². The van der Waals surface area contributed by atoms with Gasteiger partial charge in [-0.15, -0.1) is 0 Å². The van der Waals surface area contributed by atoms with Crippen molar-refractivity contribution in [3.63, 3.8) is 0 Å². The molecule has 0 N–H and O–H groups in total. The number of rotatable bonds is 5. The fourth-order valence-corrected chi connectivity index (χ4v) is 3.18. The topological polar surface area (TPSA) is 52.6 Å². The van der Waals surface area contributed by atoms with E-state index in [1.165, 1.54) is 7.11 Å². The Labute approximate surface area is 147 Å². The van der Waals surface area contributed by atoms with E-state index in [1.54, 1.807) is 24.3 Å². The molecule has 2 aromatic carbocycles. The molecule has 0 radical (unpaired) electrons. The van der Waals surface area contributed by atoms with Crippen LogP contribution in [0.1, 0.15) is 35.7 Å². The first-order valence-corrected chi connectivity index (χ1v) is 8.16. The molecular formula is C21H20O4. The van der Waals surface area contributed by atoms with Gasteiger partial charge in [-0.05, 0) is 12.5 Å². The molecule has 4 heteroatoms. The molecule has 128 valence electrons. The number of benzene rings is 2. The van der Waals surface area contributed by atoms with Crippen molar-refractivity contribution in [2.75, 3.05) is 7.11 Å². The maximum atomic E-state index is 12.7. The average Bonchev–Trinajstić information content (AvgIpc) is 2.99. The van der Waals surface area contributed by atoms with Gasteiger partial charge >= 0.3 is 5.97 Å². The minimum atomic E-state index is -1.31. The van der Waals surface area contributed by atoms with Crippen molar-refractivity contribution in [3.8, 4) is 0 Å². The number of hydrogen-bond donors (Lipinski definition) is 0. The van der Waals surface area contributed by atoms with Crippen LogP contribution in [0.3, 0.4) is 0 Å². The Morgan fingerprint density at radius 1 is 1.04 bits per heavy atom. The van der Waals surface area contributed by atoms with Crippen LogP contribution in [-0.2, 0) is 14.3 Å². The van der Waals surface area contributed by atoms with E-state index >= 15 is 0 Å². The van der Waals surface area contributed by atoms with Gasteiger partial charge in [0, 0.05) is 17.5 Å². The zero-order valence-electron chi connectivity index (χ0n) is 14.3. The summed E-state index contributed by atoms with van der Waals surface area (Å²) in [6.07, 6.45) is 0.278. The quantitative estimate of drug-likeness (QED) is 0.611. The second kappa shape index (κ2) is 6.93. The van der Waals surface area contributed by atoms with Gasteiger partial charge in [0.15, 0.2) is 5.78 Å². The molecule has 1 atom stereocenters. The van der Waals surface area contributed by atoms with E-state index in [1.807, 2.05) is 43.3 Å². The lowest BCUT2D eigenvalue weighted by Crippen LogP contribution is -2.41. The molecule has 4 nitrogen and oxygen atoms in total. The van der Waals surface area contributed by atoms with Gasteiger partial charge in [-0.25, -0.2) is 4.79 Å². The summed E-state index contributed by atoms with van der Waals surface area (Å²) in [5.74, 6) is -0.0259. The fourth-order valence-electron chi connectivity index (χ4n) is 3.18. The predicted molar refractivity (Wildman–Crippen MR) is 94.9 cm³/mol. The third-order valence-electron chi connectivity index (χ3n) is 4.37. The van der Waals surface area contributed by atoms with Crippen LogP contribution in [0.4, 0.5) is 0 Å². The summed E-state index contributed by atoms with van der Waals surface area (Å²) in [5.41, 5.74) is 1.06. The van der Waals surface area contributed by atoms with E-state index in [-0.39, 0.29) is 12.2 Å². The molecule has 0 saturated carbocycles. The van der Waals surface area contributed by atoms with Crippen LogP contribution >= 0.6 is 0 Å². The molecule has 25 heavy (non-hydrogen) atoms. The number of methoxy groups -OCH3 is 1. The standard InChI is InChI=1S/C21H20O4/c1-15-13-21(20(23)24-2,14-18(22)16-9-5-3-6-10-16)25-19(15)17-11-7-4-8-12-17/h3-12H,13-14H2,1-2H3. The van der Waals surface area contributed by atoms with E-state index in [0.29, 0.717) is 17.7 Å². The Morgan fingerprint density at radius 3 is 2.24 bits per heavy atom. The number of ketones is 1. The third-order valence-corrected chi connectivity index (χ3v) is 4.37. The van der Waals surface area contributed by atoms with Crippen LogP contribution < -0.4 is 0 Å². The molecule has 2 aromatic rings. The maximum Gasteiger partial charge on any atom is 0.351 e. The molecule has 1 heterocycles. The van der Waals surface area contributed by atoms with Crippen LogP contribution in [0.15, 0.2) is 66.2 Å². The summed E-state index contributed by atoms with van der Waals surface area (Å²) < 4.78 is 11.0. The molecule has 0 saturated heterocycles. The van der Waals surface area contributed by atoms with Gasteiger partial charge in [0.25, 0.3) is 0 Å². The zero-order valence-corrected chi connectivity index (χ0v) is 14.3. The normalized spacial score (nSPS) is 19.4. The summed E-state index contributed by atoms with van der Waals surface area (Å²) in [7, 11) is 1.32. The second-order valence-corrected chi connectivity index (χ2v) is 6.21. The lowest BCUT2D eigenvalue weighted by Gasteiger charge is -2.26. The second-order valence-electron chi connectivity index (χ2n) is 6.21. The Kier molecular flexibility index (Phi) is 4.70. The predicted octanol–water partition coefficient (Wildman–Crippen LogP) is 4.02. The summed E-state index contributed by atoms with van der Waals surface area (Å²) in [6.45, 7) is 1.92. The first-order valence-electron chi connectivity index (χ1n) is 8.16. The van der Waals surface area contributed by atoms with E-state index < -0.39 is 11.6 Å². The van der Waals surface area contributed by atoms with Gasteiger partial charge < -0.3 is 9.47 Å². The van der Waals surface area contributed by atoms with Crippen molar-refractivity contribution in [3.05, 3.63) is 77.4 Å². The van der Waals surface area contributed by atoms with Gasteiger partial charge in [0.1, 0.15) is 5.76 Å². The minimum absolute atomic E-state index is 0.0582. The highest BCUT2D eigenvalue weighted by molar-refractivity contribution is 6.00. The van der Waals surface area contributed by atoms with Crippen LogP contribution in [-0.4, -0.2) is 24.5 Å². The van der Waals surface area contributed by atoms with Crippen LogP contribution in [0.5, 0.6) is 0 Å². The largest absolute Gasteiger partial charge is 0.474 e. The molecule has 1 aliphatic heterocycles. The van der Waals surface area contributed by atoms with Crippen molar-refractivity contribution in [2.45, 2.75) is 25.4 Å². The van der Waals surface area contributed by atoms with E-state index in [4.69, 9.17) is 9.47 Å². The van der Waals surface area contributed by atoms with Crippen molar-refractivity contribution in [1.29, 1.82) is 0 Å². The molecular weight excluding hydrogens is 316 g/mol. The molecule has 0 amide bonds. The minimum Gasteiger partial charge on any atom is -0.474 e. The first kappa shape index (κ1) is 17.0. The van der Waals surface area contributed by atoms with Crippen LogP contribution in [0, 0.1) is 0 Å². The number of Topliss-reactive ketones (excluding diaryl/α,β-unsaturated/α-hetero) is 1. The van der Waals surface area contributed by atoms with Gasteiger partial charge in [-0.3, -0.25) is 4.79 Å². The van der Waals surface area contributed by atoms with Gasteiger partial charge in [0.05, 0.1) is 13.5 Å². The maximum absolute atomic E-state index is 12.7. The monoisotopic (exact) mass is 336 g/mol. The number of hydrogen-bond acceptors (Lipinski definition) is 4. The van der Waals surface area contributed by atoms with Crippen LogP contribution in [0.2, 0.25) is 0 Å². The van der Waals surface area contributed by atoms with E-state index in [2.05, 4.69) is 0 Å². The van der Waals surface area contributed by atoms with Crippen molar-refractivity contribution in [1.82, 2.24) is 0 Å². The van der Waals surface area contributed by atoms with Crippen molar-refractivity contribution >= 4 is 17.5 Å². The fraction of sp³-hybridized carbons (Fsp3) is 0.238. The molecule has 0 bridgehead atoms. The Bertz CT molecular complexity index is 808. The highest BCUT2D eigenvalue weighted by Crippen LogP contribution is 2.42. The van der Waals surface area contributed by atoms with Crippen LogP contribution in [0.25, 0.3) is 5.76 Å². The molecule has 0 fully saturated rings. The Hall–Kier alpha value is -2.88. The molecule has 1 unspecified atom stereocenters. The van der Waals surface area contributed by atoms with Gasteiger partial charge in [-0.1, -0.05) is 60.7 Å². The average molecular weight is 336 g/mol. The molecule has 0 aromatic heterocycles. The molecule has 1 aliphatic rings. The highest BCUT2D eigenvalue weighted by atomic mass is 16.6. The molecule has 0 aliphatic carbocycles. The summed E-state index contributed by atoms with van der Waals surface area (Å²) >= 11 is 0. The van der Waals surface area contributed by atoms with E-state index in [9.17, 15) is 9.59 Å². The third kappa shape index (κ3) is 3.33. The SMILES string of the molecule is COC(=O)C1(CC(=O)c2ccccc2)CC(C)=C(c2ccccc2)O1. The highest BCUT2D eigenvalue weighted by Gasteiger charge is 2.49. The summed E-state index contributed by atoms with van der Waals surface area (Å²) in [6, 6.07) is 18.5. The summed E-state index contributed by atoms with van der Waals surface area (Å²) in [4.78, 5) is 25.2. The number of carbonyl (C=O) groups excluding carboxylic acids is 2. The lowest BCUT2D eigenvalue weighted by atomic mass is 9.89.